The third-order valence-corrected chi connectivity index (χ3v) is 1.63. The summed E-state index contributed by atoms with van der Waals surface area (Å²) < 4.78 is 12.8. The Balaban J connectivity index is 3.40. The smallest absolute Gasteiger partial charge is 0.126 e. The first-order chi connectivity index (χ1) is 5.16. The highest BCUT2D eigenvalue weighted by Gasteiger charge is 2.04. The second kappa shape index (κ2) is 2.70. The summed E-state index contributed by atoms with van der Waals surface area (Å²) in [5.74, 6) is -0.322. The first-order valence-corrected chi connectivity index (χ1v) is 3.22. The minimum absolute atomic E-state index is 0.322. The van der Waals surface area contributed by atoms with Crippen LogP contribution in [0.25, 0.3) is 0 Å². The average Bonchev–Trinajstić information content (AvgIpc) is 1.99. The van der Waals surface area contributed by atoms with Crippen LogP contribution in [0.2, 0.25) is 0 Å². The highest BCUT2D eigenvalue weighted by Crippen LogP contribution is 2.16. The number of nitrogens with one attached hydrogen (secondary N) is 1. The van der Waals surface area contributed by atoms with E-state index in [0.717, 1.165) is 6.21 Å². The van der Waals surface area contributed by atoms with Gasteiger partial charge in [-0.1, -0.05) is 0 Å². The molecule has 1 aromatic carbocycles. The molecule has 1 aromatic rings. The summed E-state index contributed by atoms with van der Waals surface area (Å²) in [6, 6.07) is 2.76. The van der Waals surface area contributed by atoms with E-state index in [1.165, 1.54) is 12.1 Å². The third kappa shape index (κ3) is 1.22. The number of halogens is 1. The summed E-state index contributed by atoms with van der Waals surface area (Å²) in [6.07, 6.45) is 1.06. The van der Waals surface area contributed by atoms with E-state index in [4.69, 9.17) is 11.1 Å². The Bertz CT molecular complexity index is 294. The number of rotatable bonds is 1. The molecule has 3 N–H and O–H groups in total. The van der Waals surface area contributed by atoms with Crippen LogP contribution in [0.4, 0.5) is 10.1 Å². The zero-order valence-corrected chi connectivity index (χ0v) is 6.19. The molecular weight excluding hydrogens is 143 g/mol. The fourth-order valence-corrected chi connectivity index (χ4v) is 0.914. The van der Waals surface area contributed by atoms with Gasteiger partial charge in [-0.25, -0.2) is 4.39 Å². The molecule has 0 aromatic heterocycles. The maximum atomic E-state index is 12.8. The topological polar surface area (TPSA) is 49.9 Å². The van der Waals surface area contributed by atoms with Gasteiger partial charge in [-0.05, 0) is 24.6 Å². The highest BCUT2D eigenvalue weighted by molar-refractivity contribution is 5.86. The molecule has 0 fully saturated rings. The molecule has 0 aliphatic heterocycles. The second-order valence-electron chi connectivity index (χ2n) is 2.32. The van der Waals surface area contributed by atoms with Crippen molar-refractivity contribution in [3.63, 3.8) is 0 Å². The Kier molecular flexibility index (Phi) is 1.89. The van der Waals surface area contributed by atoms with Gasteiger partial charge in [-0.15, -0.1) is 0 Å². The van der Waals surface area contributed by atoms with E-state index >= 15 is 0 Å². The Morgan fingerprint density at radius 1 is 1.55 bits per heavy atom. The van der Waals surface area contributed by atoms with Crippen molar-refractivity contribution in [3.8, 4) is 0 Å². The van der Waals surface area contributed by atoms with Gasteiger partial charge in [0.05, 0.1) is 0 Å². The van der Waals surface area contributed by atoms with Crippen LogP contribution in [0.3, 0.4) is 0 Å². The number of nitrogens with two attached hydrogens (primary N) is 1. The van der Waals surface area contributed by atoms with E-state index in [9.17, 15) is 4.39 Å². The third-order valence-electron chi connectivity index (χ3n) is 1.63. The molecule has 0 bridgehead atoms. The van der Waals surface area contributed by atoms with Crippen LogP contribution in [0.5, 0.6) is 0 Å². The van der Waals surface area contributed by atoms with E-state index in [1.54, 1.807) is 6.92 Å². The first-order valence-electron chi connectivity index (χ1n) is 3.22. The molecule has 0 saturated heterocycles. The molecule has 11 heavy (non-hydrogen) atoms. The van der Waals surface area contributed by atoms with E-state index in [2.05, 4.69) is 0 Å². The number of anilines is 1. The van der Waals surface area contributed by atoms with Crippen LogP contribution in [0, 0.1) is 18.2 Å². The normalized spacial score (nSPS) is 9.64. The lowest BCUT2D eigenvalue weighted by Crippen LogP contribution is -1.97. The van der Waals surface area contributed by atoms with E-state index < -0.39 is 0 Å². The SMILES string of the molecule is Cc1c(F)ccc(N)c1C=N. The largest absolute Gasteiger partial charge is 0.398 e. The number of nitrogen functional groups attached to an aromatic ring is 1. The van der Waals surface area contributed by atoms with Crippen molar-refractivity contribution in [2.24, 2.45) is 0 Å². The monoisotopic (exact) mass is 152 g/mol. The van der Waals surface area contributed by atoms with Crippen molar-refractivity contribution >= 4 is 11.9 Å². The van der Waals surface area contributed by atoms with Crippen LogP contribution >= 0.6 is 0 Å². The summed E-state index contributed by atoms with van der Waals surface area (Å²) in [5, 5.41) is 6.95. The molecule has 0 amide bonds. The fourth-order valence-electron chi connectivity index (χ4n) is 0.914. The van der Waals surface area contributed by atoms with Crippen LogP contribution in [-0.4, -0.2) is 6.21 Å². The van der Waals surface area contributed by atoms with E-state index in [-0.39, 0.29) is 5.82 Å². The number of hydrogen-bond donors (Lipinski definition) is 2. The van der Waals surface area contributed by atoms with E-state index in [0.29, 0.717) is 16.8 Å². The Morgan fingerprint density at radius 3 is 2.64 bits per heavy atom. The van der Waals surface area contributed by atoms with Gasteiger partial charge in [0, 0.05) is 17.5 Å². The van der Waals surface area contributed by atoms with E-state index in [1.807, 2.05) is 0 Å². The minimum atomic E-state index is -0.322. The molecule has 2 nitrogen and oxygen atoms in total. The number of hydrogen-bond acceptors (Lipinski definition) is 2. The van der Waals surface area contributed by atoms with Crippen LogP contribution < -0.4 is 5.73 Å². The van der Waals surface area contributed by atoms with Gasteiger partial charge >= 0.3 is 0 Å². The summed E-state index contributed by atoms with van der Waals surface area (Å²) >= 11 is 0. The predicted octanol–water partition coefficient (Wildman–Crippen LogP) is 1.71. The molecule has 0 aliphatic carbocycles. The summed E-state index contributed by atoms with van der Waals surface area (Å²) in [7, 11) is 0. The molecule has 58 valence electrons. The lowest BCUT2D eigenvalue weighted by molar-refractivity contribution is 0.618. The highest BCUT2D eigenvalue weighted by atomic mass is 19.1. The Labute approximate surface area is 64.4 Å². The van der Waals surface area contributed by atoms with Crippen molar-refractivity contribution in [1.29, 1.82) is 5.41 Å². The first kappa shape index (κ1) is 7.72. The molecule has 0 spiro atoms. The van der Waals surface area contributed by atoms with Gasteiger partial charge < -0.3 is 11.1 Å². The van der Waals surface area contributed by atoms with Gasteiger partial charge in [0.1, 0.15) is 5.82 Å². The van der Waals surface area contributed by atoms with Gasteiger partial charge in [-0.2, -0.15) is 0 Å². The van der Waals surface area contributed by atoms with Gasteiger partial charge in [0.25, 0.3) is 0 Å². The van der Waals surface area contributed by atoms with Crippen molar-refractivity contribution < 1.29 is 4.39 Å². The Hall–Kier alpha value is -1.38. The van der Waals surface area contributed by atoms with Gasteiger partial charge in [-0.3, -0.25) is 0 Å². The summed E-state index contributed by atoms with van der Waals surface area (Å²) in [4.78, 5) is 0. The van der Waals surface area contributed by atoms with Crippen LogP contribution in [0.1, 0.15) is 11.1 Å². The zero-order valence-electron chi connectivity index (χ0n) is 6.19. The van der Waals surface area contributed by atoms with Crippen molar-refractivity contribution in [2.75, 3.05) is 5.73 Å². The minimum Gasteiger partial charge on any atom is -0.398 e. The van der Waals surface area contributed by atoms with Crippen LogP contribution in [0.15, 0.2) is 12.1 Å². The molecule has 1 rings (SSSR count). The second-order valence-corrected chi connectivity index (χ2v) is 2.32. The standard InChI is InChI=1S/C8H9FN2/c1-5-6(4-10)8(11)3-2-7(5)9/h2-4,10H,11H2,1H3. The maximum absolute atomic E-state index is 12.8. The fraction of sp³-hybridized carbons (Fsp3) is 0.125. The maximum Gasteiger partial charge on any atom is 0.126 e. The lowest BCUT2D eigenvalue weighted by Gasteiger charge is -2.03. The molecule has 0 atom stereocenters. The molecule has 0 saturated carbocycles. The molecule has 3 heteroatoms. The molecular formula is C8H9FN2. The molecule has 0 unspecified atom stereocenters. The molecule has 0 radical (unpaired) electrons. The quantitative estimate of drug-likeness (QED) is 0.467. The van der Waals surface area contributed by atoms with Gasteiger partial charge in [0.2, 0.25) is 0 Å². The lowest BCUT2D eigenvalue weighted by atomic mass is 10.1. The van der Waals surface area contributed by atoms with Crippen molar-refractivity contribution in [1.82, 2.24) is 0 Å². The van der Waals surface area contributed by atoms with Crippen molar-refractivity contribution in [2.45, 2.75) is 6.92 Å². The molecule has 0 heterocycles. The van der Waals surface area contributed by atoms with Crippen LogP contribution in [-0.2, 0) is 0 Å². The summed E-state index contributed by atoms with van der Waals surface area (Å²) in [5.41, 5.74) is 6.82. The Morgan fingerprint density at radius 2 is 2.18 bits per heavy atom. The summed E-state index contributed by atoms with van der Waals surface area (Å²) in [6.45, 7) is 1.60. The number of benzene rings is 1. The molecule has 0 aliphatic rings. The van der Waals surface area contributed by atoms with Crippen molar-refractivity contribution in [3.05, 3.63) is 29.1 Å². The van der Waals surface area contributed by atoms with Gasteiger partial charge in [0.15, 0.2) is 0 Å². The zero-order chi connectivity index (χ0) is 8.43. The average molecular weight is 152 g/mol. The predicted molar refractivity (Wildman–Crippen MR) is 43.4 cm³/mol.